The highest BCUT2D eigenvalue weighted by molar-refractivity contribution is 9.10. The number of halogens is 1. The Hall–Kier alpha value is 0.100. The van der Waals surface area contributed by atoms with Gasteiger partial charge in [0.25, 0.3) is 0 Å². The standard InChI is InChI=1S/C10H16BrNOS/c1-2-8(3-5-13)12-7-10-9(11)4-6-14-10/h4,6,8,12-13H,2-3,5,7H2,1H3/t8-/m0/s1. The van der Waals surface area contributed by atoms with Gasteiger partial charge in [-0.15, -0.1) is 11.3 Å². The maximum Gasteiger partial charge on any atom is 0.0445 e. The summed E-state index contributed by atoms with van der Waals surface area (Å²) >= 11 is 5.25. The highest BCUT2D eigenvalue weighted by atomic mass is 79.9. The highest BCUT2D eigenvalue weighted by Gasteiger charge is 2.06. The molecule has 0 spiro atoms. The Labute approximate surface area is 97.5 Å². The molecule has 1 aromatic rings. The van der Waals surface area contributed by atoms with Crippen molar-refractivity contribution in [2.45, 2.75) is 32.4 Å². The third-order valence-corrected chi connectivity index (χ3v) is 4.14. The van der Waals surface area contributed by atoms with Crippen LogP contribution in [0.5, 0.6) is 0 Å². The first-order chi connectivity index (χ1) is 6.77. The van der Waals surface area contributed by atoms with E-state index in [1.54, 1.807) is 11.3 Å². The minimum atomic E-state index is 0.261. The predicted octanol–water partition coefficient (Wildman–Crippen LogP) is 2.76. The maximum atomic E-state index is 8.83. The van der Waals surface area contributed by atoms with Crippen LogP contribution in [0, 0.1) is 0 Å². The molecule has 1 heterocycles. The normalized spacial score (nSPS) is 13.1. The molecule has 0 aliphatic rings. The van der Waals surface area contributed by atoms with Crippen molar-refractivity contribution in [3.63, 3.8) is 0 Å². The molecule has 1 aromatic heterocycles. The minimum absolute atomic E-state index is 0.261. The van der Waals surface area contributed by atoms with Crippen LogP contribution in [0.1, 0.15) is 24.6 Å². The maximum absolute atomic E-state index is 8.83. The van der Waals surface area contributed by atoms with Gasteiger partial charge >= 0.3 is 0 Å². The van der Waals surface area contributed by atoms with Gasteiger partial charge in [0.2, 0.25) is 0 Å². The van der Waals surface area contributed by atoms with Crippen LogP contribution in [0.15, 0.2) is 15.9 Å². The fourth-order valence-electron chi connectivity index (χ4n) is 1.29. The van der Waals surface area contributed by atoms with E-state index in [2.05, 4.69) is 39.6 Å². The molecule has 14 heavy (non-hydrogen) atoms. The summed E-state index contributed by atoms with van der Waals surface area (Å²) in [5, 5.41) is 14.3. The monoisotopic (exact) mass is 277 g/mol. The Bertz CT molecular complexity index is 264. The molecule has 0 radical (unpaired) electrons. The number of nitrogens with one attached hydrogen (secondary N) is 1. The van der Waals surface area contributed by atoms with Crippen LogP contribution in [0.3, 0.4) is 0 Å². The van der Waals surface area contributed by atoms with Crippen LogP contribution in [-0.4, -0.2) is 17.8 Å². The average molecular weight is 278 g/mol. The van der Waals surface area contributed by atoms with Gasteiger partial charge in [0.05, 0.1) is 0 Å². The van der Waals surface area contributed by atoms with Crippen molar-refractivity contribution in [3.8, 4) is 0 Å². The summed E-state index contributed by atoms with van der Waals surface area (Å²) in [6.07, 6.45) is 1.89. The van der Waals surface area contributed by atoms with Crippen LogP contribution in [-0.2, 0) is 6.54 Å². The SMILES string of the molecule is CC[C@@H](CCO)NCc1sccc1Br. The summed E-state index contributed by atoms with van der Waals surface area (Å²) in [5.41, 5.74) is 0. The van der Waals surface area contributed by atoms with Crippen molar-refractivity contribution in [2.75, 3.05) is 6.61 Å². The summed E-state index contributed by atoms with van der Waals surface area (Å²) < 4.78 is 1.17. The number of hydrogen-bond acceptors (Lipinski definition) is 3. The Kier molecular flexibility index (Phi) is 5.70. The lowest BCUT2D eigenvalue weighted by molar-refractivity contribution is 0.262. The van der Waals surface area contributed by atoms with E-state index in [0.29, 0.717) is 6.04 Å². The van der Waals surface area contributed by atoms with E-state index < -0.39 is 0 Å². The average Bonchev–Trinajstić information content (AvgIpc) is 2.59. The number of aliphatic hydroxyl groups excluding tert-OH is 1. The zero-order valence-corrected chi connectivity index (χ0v) is 10.7. The van der Waals surface area contributed by atoms with E-state index in [9.17, 15) is 0 Å². The predicted molar refractivity (Wildman–Crippen MR) is 64.6 cm³/mol. The van der Waals surface area contributed by atoms with Crippen LogP contribution in [0.2, 0.25) is 0 Å². The number of thiophene rings is 1. The van der Waals surface area contributed by atoms with Crippen LogP contribution in [0.4, 0.5) is 0 Å². The van der Waals surface area contributed by atoms with Gasteiger partial charge in [-0.1, -0.05) is 6.92 Å². The lowest BCUT2D eigenvalue weighted by atomic mass is 10.1. The molecule has 80 valence electrons. The van der Waals surface area contributed by atoms with E-state index in [1.807, 2.05) is 0 Å². The summed E-state index contributed by atoms with van der Waals surface area (Å²) in [6, 6.07) is 2.49. The minimum Gasteiger partial charge on any atom is -0.396 e. The molecule has 2 nitrogen and oxygen atoms in total. The molecular weight excluding hydrogens is 262 g/mol. The zero-order valence-electron chi connectivity index (χ0n) is 8.29. The molecule has 0 bridgehead atoms. The van der Waals surface area contributed by atoms with E-state index in [-0.39, 0.29) is 6.61 Å². The third-order valence-electron chi connectivity index (χ3n) is 2.21. The lowest BCUT2D eigenvalue weighted by Gasteiger charge is -2.14. The van der Waals surface area contributed by atoms with Crippen molar-refractivity contribution in [1.82, 2.24) is 5.32 Å². The molecule has 0 aromatic carbocycles. The van der Waals surface area contributed by atoms with E-state index in [1.165, 1.54) is 9.35 Å². The van der Waals surface area contributed by atoms with Crippen LogP contribution in [0.25, 0.3) is 0 Å². The highest BCUT2D eigenvalue weighted by Crippen LogP contribution is 2.22. The van der Waals surface area contributed by atoms with E-state index in [4.69, 9.17) is 5.11 Å². The molecule has 0 saturated carbocycles. The van der Waals surface area contributed by atoms with Gasteiger partial charge < -0.3 is 10.4 Å². The van der Waals surface area contributed by atoms with E-state index in [0.717, 1.165) is 19.4 Å². The van der Waals surface area contributed by atoms with Crippen LogP contribution >= 0.6 is 27.3 Å². The summed E-state index contributed by atoms with van der Waals surface area (Å²) in [7, 11) is 0. The first-order valence-corrected chi connectivity index (χ1v) is 6.51. The van der Waals surface area contributed by atoms with Gasteiger partial charge in [-0.2, -0.15) is 0 Å². The third kappa shape index (κ3) is 3.69. The molecule has 0 saturated heterocycles. The second-order valence-electron chi connectivity index (χ2n) is 3.19. The first kappa shape index (κ1) is 12.2. The Morgan fingerprint density at radius 1 is 1.64 bits per heavy atom. The van der Waals surface area contributed by atoms with Crippen molar-refractivity contribution < 1.29 is 5.11 Å². The molecule has 2 N–H and O–H groups in total. The number of aliphatic hydroxyl groups is 1. The van der Waals surface area contributed by atoms with Crippen molar-refractivity contribution in [1.29, 1.82) is 0 Å². The zero-order chi connectivity index (χ0) is 10.4. The largest absolute Gasteiger partial charge is 0.396 e. The van der Waals surface area contributed by atoms with Gasteiger partial charge in [0, 0.05) is 28.5 Å². The molecule has 0 aliphatic carbocycles. The Morgan fingerprint density at radius 3 is 2.93 bits per heavy atom. The fraction of sp³-hybridized carbons (Fsp3) is 0.600. The van der Waals surface area contributed by atoms with Crippen molar-refractivity contribution in [3.05, 3.63) is 20.8 Å². The molecule has 0 aliphatic heterocycles. The summed E-state index contributed by atoms with van der Waals surface area (Å²) in [5.74, 6) is 0. The second-order valence-corrected chi connectivity index (χ2v) is 5.05. The molecule has 0 amide bonds. The van der Waals surface area contributed by atoms with Gasteiger partial charge in [-0.05, 0) is 40.2 Å². The second kappa shape index (κ2) is 6.56. The number of rotatable bonds is 6. The molecule has 1 rings (SSSR count). The first-order valence-electron chi connectivity index (χ1n) is 4.84. The smallest absolute Gasteiger partial charge is 0.0445 e. The Balaban J connectivity index is 2.35. The summed E-state index contributed by atoms with van der Waals surface area (Å²) in [4.78, 5) is 1.32. The lowest BCUT2D eigenvalue weighted by Crippen LogP contribution is -2.28. The number of hydrogen-bond donors (Lipinski definition) is 2. The van der Waals surface area contributed by atoms with Crippen LogP contribution < -0.4 is 5.32 Å². The summed E-state index contributed by atoms with van der Waals surface area (Å²) in [6.45, 7) is 3.28. The molecule has 0 unspecified atom stereocenters. The van der Waals surface area contributed by atoms with Crippen molar-refractivity contribution >= 4 is 27.3 Å². The van der Waals surface area contributed by atoms with Gasteiger partial charge in [0.1, 0.15) is 0 Å². The molecule has 1 atom stereocenters. The molecule has 0 fully saturated rings. The molecule has 4 heteroatoms. The fourth-order valence-corrected chi connectivity index (χ4v) is 2.74. The van der Waals surface area contributed by atoms with Crippen molar-refractivity contribution in [2.24, 2.45) is 0 Å². The topological polar surface area (TPSA) is 32.3 Å². The van der Waals surface area contributed by atoms with Gasteiger partial charge in [0.15, 0.2) is 0 Å². The quantitative estimate of drug-likeness (QED) is 0.838. The molecular formula is C10H16BrNOS. The van der Waals surface area contributed by atoms with Gasteiger partial charge in [-0.25, -0.2) is 0 Å². The Morgan fingerprint density at radius 2 is 2.43 bits per heavy atom. The van der Waals surface area contributed by atoms with E-state index >= 15 is 0 Å². The van der Waals surface area contributed by atoms with Gasteiger partial charge in [-0.3, -0.25) is 0 Å².